The van der Waals surface area contributed by atoms with E-state index in [2.05, 4.69) is 23.3 Å². The second kappa shape index (κ2) is 9.50. The lowest BCUT2D eigenvalue weighted by atomic mass is 10.3. The number of hydrogen-bond acceptors (Lipinski definition) is 5. The molecule has 1 heterocycles. The molecule has 5 nitrogen and oxygen atoms in total. The summed E-state index contributed by atoms with van der Waals surface area (Å²) in [4.78, 5) is 1.33. The van der Waals surface area contributed by atoms with Gasteiger partial charge in [0.1, 0.15) is 17.1 Å². The number of aliphatic hydroxyl groups is 1. The van der Waals surface area contributed by atoms with E-state index in [0.29, 0.717) is 17.3 Å². The summed E-state index contributed by atoms with van der Waals surface area (Å²) in [6.45, 7) is 2.39. The summed E-state index contributed by atoms with van der Waals surface area (Å²) in [5.74, 6) is 0.316. The number of hydrogen-bond donors (Lipinski definition) is 1. The molecule has 21 heavy (non-hydrogen) atoms. The maximum Gasteiger partial charge on any atom is 0.110 e. The van der Waals surface area contributed by atoms with E-state index in [4.69, 9.17) is 16.9 Å². The van der Waals surface area contributed by atoms with Crippen molar-refractivity contribution in [3.05, 3.63) is 33.7 Å². The number of thiophene rings is 1. The molecule has 1 aromatic heterocycles. The van der Waals surface area contributed by atoms with Crippen molar-refractivity contribution in [2.75, 3.05) is 19.5 Å². The molecule has 0 aliphatic rings. The van der Waals surface area contributed by atoms with Gasteiger partial charge < -0.3 is 5.11 Å². The van der Waals surface area contributed by atoms with E-state index in [9.17, 15) is 5.11 Å². The number of allylic oxidation sites excluding steroid dienone is 2. The Labute approximate surface area is 134 Å². The standard InChI is InChI=1S/C14H19ClN4OS/c1-3-4-5-11(8-15)17-18-19(2)10-13(20)14-7-6-12(9-16)21-14/h5-7,13,20H,3-4,8,10H2,1-2H3/b11-5+,18-17?/t13-/m0/s1. The number of halogens is 1. The third kappa shape index (κ3) is 6.25. The van der Waals surface area contributed by atoms with Crippen molar-refractivity contribution >= 4 is 22.9 Å². The van der Waals surface area contributed by atoms with Gasteiger partial charge in [0.15, 0.2) is 0 Å². The van der Waals surface area contributed by atoms with Gasteiger partial charge in [0.05, 0.1) is 18.1 Å². The molecule has 0 unspecified atom stereocenters. The molecule has 0 radical (unpaired) electrons. The molecular weight excluding hydrogens is 308 g/mol. The Morgan fingerprint density at radius 3 is 2.95 bits per heavy atom. The van der Waals surface area contributed by atoms with Gasteiger partial charge in [-0.2, -0.15) is 5.26 Å². The SMILES string of the molecule is CCC/C=C(\CCl)N=NN(C)C[C@H](O)c1ccc(C#N)s1. The highest BCUT2D eigenvalue weighted by Gasteiger charge is 2.12. The van der Waals surface area contributed by atoms with Gasteiger partial charge in [-0.25, -0.2) is 0 Å². The topological polar surface area (TPSA) is 72.0 Å². The lowest BCUT2D eigenvalue weighted by Crippen LogP contribution is -2.18. The van der Waals surface area contributed by atoms with Crippen LogP contribution in [0.25, 0.3) is 0 Å². The normalized spacial score (nSPS) is 13.4. The maximum atomic E-state index is 10.1. The highest BCUT2D eigenvalue weighted by Crippen LogP contribution is 2.23. The van der Waals surface area contributed by atoms with Crippen LogP contribution in [0.4, 0.5) is 0 Å². The third-order valence-corrected chi connectivity index (χ3v) is 4.00. The fraction of sp³-hybridized carbons (Fsp3) is 0.500. The molecular formula is C14H19ClN4OS. The molecule has 0 saturated carbocycles. The van der Waals surface area contributed by atoms with Gasteiger partial charge in [-0.05, 0) is 18.6 Å². The van der Waals surface area contributed by atoms with Gasteiger partial charge in [0.2, 0.25) is 0 Å². The van der Waals surface area contributed by atoms with E-state index < -0.39 is 6.10 Å². The minimum Gasteiger partial charge on any atom is -0.386 e. The average Bonchev–Trinajstić information content (AvgIpc) is 2.96. The molecule has 114 valence electrons. The third-order valence-electron chi connectivity index (χ3n) is 2.63. The Balaban J connectivity index is 2.56. The molecule has 0 aliphatic heterocycles. The zero-order valence-electron chi connectivity index (χ0n) is 12.2. The smallest absolute Gasteiger partial charge is 0.110 e. The molecule has 7 heteroatoms. The van der Waals surface area contributed by atoms with Crippen molar-refractivity contribution in [2.45, 2.75) is 25.9 Å². The summed E-state index contributed by atoms with van der Waals surface area (Å²) < 4.78 is 0. The van der Waals surface area contributed by atoms with E-state index in [1.807, 2.05) is 6.08 Å². The van der Waals surface area contributed by atoms with Gasteiger partial charge in [0.25, 0.3) is 0 Å². The van der Waals surface area contributed by atoms with Crippen LogP contribution in [0.15, 0.2) is 34.2 Å². The van der Waals surface area contributed by atoms with Gasteiger partial charge in [-0.1, -0.05) is 24.6 Å². The lowest BCUT2D eigenvalue weighted by molar-refractivity contribution is 0.127. The number of aliphatic hydroxyl groups excluding tert-OH is 1. The highest BCUT2D eigenvalue weighted by atomic mass is 35.5. The van der Waals surface area contributed by atoms with Crippen LogP contribution in [0.5, 0.6) is 0 Å². The summed E-state index contributed by atoms with van der Waals surface area (Å²) in [7, 11) is 1.73. The monoisotopic (exact) mass is 326 g/mol. The molecule has 0 saturated heterocycles. The largest absolute Gasteiger partial charge is 0.386 e. The van der Waals surface area contributed by atoms with Crippen molar-refractivity contribution < 1.29 is 5.11 Å². The summed E-state index contributed by atoms with van der Waals surface area (Å²) in [6.07, 6.45) is 3.21. The predicted molar refractivity (Wildman–Crippen MR) is 85.2 cm³/mol. The van der Waals surface area contributed by atoms with E-state index >= 15 is 0 Å². The zero-order valence-corrected chi connectivity index (χ0v) is 13.7. The van der Waals surface area contributed by atoms with Crippen LogP contribution in [0.2, 0.25) is 0 Å². The molecule has 0 fully saturated rings. The van der Waals surface area contributed by atoms with Crippen LogP contribution in [-0.4, -0.2) is 29.6 Å². The summed E-state index contributed by atoms with van der Waals surface area (Å²) in [5, 5.41) is 28.5. The Bertz CT molecular complexity index is 535. The van der Waals surface area contributed by atoms with Gasteiger partial charge in [-0.3, -0.25) is 5.01 Å². The molecule has 0 aromatic carbocycles. The quantitative estimate of drug-likeness (QED) is 0.447. The summed E-state index contributed by atoms with van der Waals surface area (Å²) in [5.41, 5.74) is 0.725. The number of nitrogens with zero attached hydrogens (tertiary/aromatic N) is 4. The van der Waals surface area contributed by atoms with E-state index in [-0.39, 0.29) is 0 Å². The summed E-state index contributed by atoms with van der Waals surface area (Å²) >= 11 is 7.07. The molecule has 1 rings (SSSR count). The second-order valence-electron chi connectivity index (χ2n) is 4.48. The summed E-state index contributed by atoms with van der Waals surface area (Å²) in [6, 6.07) is 5.50. The highest BCUT2D eigenvalue weighted by molar-refractivity contribution is 7.12. The van der Waals surface area contributed by atoms with Crippen LogP contribution in [0, 0.1) is 11.3 Å². The lowest BCUT2D eigenvalue weighted by Gasteiger charge is -2.15. The average molecular weight is 327 g/mol. The van der Waals surface area contributed by atoms with Crippen LogP contribution in [0.1, 0.15) is 35.6 Å². The van der Waals surface area contributed by atoms with Crippen molar-refractivity contribution in [2.24, 2.45) is 10.3 Å². The fourth-order valence-electron chi connectivity index (χ4n) is 1.54. The van der Waals surface area contributed by atoms with E-state index in [1.165, 1.54) is 11.3 Å². The number of nitriles is 1. The van der Waals surface area contributed by atoms with Crippen LogP contribution >= 0.6 is 22.9 Å². The number of likely N-dealkylation sites (N-methyl/N-ethyl adjacent to an activating group) is 1. The first kappa shape index (κ1) is 17.6. The number of unbranched alkanes of at least 4 members (excludes halogenated alkanes) is 1. The number of rotatable bonds is 8. The second-order valence-corrected chi connectivity index (χ2v) is 5.86. The Morgan fingerprint density at radius 1 is 1.62 bits per heavy atom. The van der Waals surface area contributed by atoms with Crippen molar-refractivity contribution in [1.82, 2.24) is 5.01 Å². The number of alkyl halides is 1. The maximum absolute atomic E-state index is 10.1. The first-order valence-corrected chi connectivity index (χ1v) is 8.01. The van der Waals surface area contributed by atoms with E-state index in [0.717, 1.165) is 23.4 Å². The molecule has 1 N–H and O–H groups in total. The van der Waals surface area contributed by atoms with Crippen LogP contribution in [0.3, 0.4) is 0 Å². The Kier molecular flexibility index (Phi) is 7.98. The Hall–Kier alpha value is -1.42. The Morgan fingerprint density at radius 2 is 2.38 bits per heavy atom. The fourth-order valence-corrected chi connectivity index (χ4v) is 2.48. The van der Waals surface area contributed by atoms with Crippen LogP contribution < -0.4 is 0 Å². The molecule has 1 aromatic rings. The minimum absolute atomic E-state index is 0.304. The van der Waals surface area contributed by atoms with Gasteiger partial charge >= 0.3 is 0 Å². The van der Waals surface area contributed by atoms with Gasteiger partial charge in [0, 0.05) is 11.9 Å². The van der Waals surface area contributed by atoms with E-state index in [1.54, 1.807) is 24.2 Å². The van der Waals surface area contributed by atoms with Crippen LogP contribution in [-0.2, 0) is 0 Å². The zero-order chi connectivity index (χ0) is 15.7. The van der Waals surface area contributed by atoms with Crippen molar-refractivity contribution in [3.63, 3.8) is 0 Å². The predicted octanol–water partition coefficient (Wildman–Crippen LogP) is 3.87. The molecule has 0 spiro atoms. The molecule has 1 atom stereocenters. The molecule has 0 aliphatic carbocycles. The minimum atomic E-state index is -0.694. The van der Waals surface area contributed by atoms with Gasteiger partial charge in [-0.15, -0.1) is 28.1 Å². The first-order chi connectivity index (χ1) is 10.1. The van der Waals surface area contributed by atoms with Crippen molar-refractivity contribution in [1.29, 1.82) is 5.26 Å². The molecule has 0 amide bonds. The first-order valence-electron chi connectivity index (χ1n) is 6.66. The van der Waals surface area contributed by atoms with Crippen molar-refractivity contribution in [3.8, 4) is 6.07 Å². The molecule has 0 bridgehead atoms.